The van der Waals surface area contributed by atoms with Crippen LogP contribution in [0.25, 0.3) is 0 Å². The summed E-state index contributed by atoms with van der Waals surface area (Å²) in [7, 11) is 0. The molecule has 9 heteroatoms. The summed E-state index contributed by atoms with van der Waals surface area (Å²) in [5.41, 5.74) is -0.640. The molecule has 0 bridgehead atoms. The van der Waals surface area contributed by atoms with Crippen molar-refractivity contribution in [3.63, 3.8) is 0 Å². The van der Waals surface area contributed by atoms with Gasteiger partial charge >= 0.3 is 0 Å². The van der Waals surface area contributed by atoms with Gasteiger partial charge in [0.25, 0.3) is 5.56 Å². The van der Waals surface area contributed by atoms with Crippen LogP contribution in [0.3, 0.4) is 0 Å². The highest BCUT2D eigenvalue weighted by atomic mass is 35.5. The maximum Gasteiger partial charge on any atom is 0.287 e. The quantitative estimate of drug-likeness (QED) is 0.934. The third-order valence-corrected chi connectivity index (χ3v) is 3.20. The highest BCUT2D eigenvalue weighted by molar-refractivity contribution is 6.41. The third-order valence-electron chi connectivity index (χ3n) is 2.23. The van der Waals surface area contributed by atoms with Crippen molar-refractivity contribution in [3.8, 4) is 0 Å². The normalized spacial score (nSPS) is 10.3. The van der Waals surface area contributed by atoms with Crippen LogP contribution in [-0.2, 0) is 11.3 Å². The lowest BCUT2D eigenvalue weighted by atomic mass is 10.4. The zero-order valence-electron chi connectivity index (χ0n) is 9.81. The van der Waals surface area contributed by atoms with Crippen molar-refractivity contribution in [2.75, 3.05) is 5.32 Å². The van der Waals surface area contributed by atoms with E-state index < -0.39 is 11.5 Å². The Bertz CT molecular complexity index is 700. The first-order chi connectivity index (χ1) is 9.47. The van der Waals surface area contributed by atoms with Crippen LogP contribution in [0.2, 0.25) is 15.1 Å². The number of nitrogens with one attached hydrogen (secondary N) is 1. The van der Waals surface area contributed by atoms with E-state index in [0.29, 0.717) is 10.8 Å². The molecule has 0 aliphatic carbocycles. The molecule has 2 rings (SSSR count). The van der Waals surface area contributed by atoms with Crippen LogP contribution in [0.15, 0.2) is 29.3 Å². The summed E-state index contributed by atoms with van der Waals surface area (Å²) in [6.45, 7) is -0.306. The monoisotopic (exact) mass is 332 g/mol. The zero-order valence-corrected chi connectivity index (χ0v) is 12.1. The van der Waals surface area contributed by atoms with Crippen molar-refractivity contribution >= 4 is 46.5 Å². The lowest BCUT2D eigenvalue weighted by Gasteiger charge is -2.06. The molecule has 0 unspecified atom stereocenters. The molecule has 1 N–H and O–H groups in total. The third kappa shape index (κ3) is 3.47. The Balaban J connectivity index is 2.11. The second-order valence-electron chi connectivity index (χ2n) is 3.68. The molecule has 1 amide bonds. The van der Waals surface area contributed by atoms with Gasteiger partial charge in [-0.15, -0.1) is 0 Å². The van der Waals surface area contributed by atoms with Gasteiger partial charge in [0, 0.05) is 6.20 Å². The van der Waals surface area contributed by atoms with Crippen molar-refractivity contribution in [1.29, 1.82) is 0 Å². The highest BCUT2D eigenvalue weighted by Gasteiger charge is 2.11. The molecule has 20 heavy (non-hydrogen) atoms. The van der Waals surface area contributed by atoms with Crippen LogP contribution in [0, 0.1) is 0 Å². The van der Waals surface area contributed by atoms with Gasteiger partial charge in [0.1, 0.15) is 17.4 Å². The maximum absolute atomic E-state index is 11.8. The van der Waals surface area contributed by atoms with Crippen LogP contribution < -0.4 is 10.9 Å². The van der Waals surface area contributed by atoms with Crippen LogP contribution in [-0.4, -0.2) is 20.7 Å². The van der Waals surface area contributed by atoms with Crippen LogP contribution in [0.1, 0.15) is 0 Å². The second kappa shape index (κ2) is 6.21. The second-order valence-corrected chi connectivity index (χ2v) is 4.90. The molecular formula is C11H7Cl3N4O2. The van der Waals surface area contributed by atoms with Gasteiger partial charge in [0.15, 0.2) is 0 Å². The van der Waals surface area contributed by atoms with Gasteiger partial charge in [0.05, 0.1) is 16.2 Å². The summed E-state index contributed by atoms with van der Waals surface area (Å²) in [5.74, 6) is -0.166. The van der Waals surface area contributed by atoms with Crippen LogP contribution >= 0.6 is 34.8 Å². The van der Waals surface area contributed by atoms with E-state index in [9.17, 15) is 9.59 Å². The predicted octanol–water partition coefficient (Wildman–Crippen LogP) is 2.24. The van der Waals surface area contributed by atoms with E-state index in [-0.39, 0.29) is 16.6 Å². The van der Waals surface area contributed by atoms with E-state index in [1.165, 1.54) is 18.5 Å². The molecule has 0 radical (unpaired) electrons. The number of carbonyl (C=O) groups is 1. The van der Waals surface area contributed by atoms with Crippen molar-refractivity contribution < 1.29 is 4.79 Å². The molecule has 104 valence electrons. The number of rotatable bonds is 3. The molecule has 2 aromatic heterocycles. The number of pyridine rings is 1. The number of hydrogen-bond acceptors (Lipinski definition) is 4. The molecule has 0 aliphatic heterocycles. The van der Waals surface area contributed by atoms with E-state index in [1.54, 1.807) is 6.07 Å². The number of aromatic nitrogens is 3. The SMILES string of the molecule is O=C(Cn1ncc(Cl)c(Cl)c1=O)Nc1ccc(Cl)cn1. The molecule has 0 fully saturated rings. The van der Waals surface area contributed by atoms with E-state index in [1.807, 2.05) is 0 Å². The van der Waals surface area contributed by atoms with E-state index in [0.717, 1.165) is 4.68 Å². The molecule has 2 aromatic rings. The summed E-state index contributed by atoms with van der Waals surface area (Å²) in [6.07, 6.45) is 2.58. The fourth-order valence-corrected chi connectivity index (χ4v) is 1.71. The Morgan fingerprint density at radius 3 is 2.65 bits per heavy atom. The number of anilines is 1. The van der Waals surface area contributed by atoms with Gasteiger partial charge in [0.2, 0.25) is 5.91 Å². The summed E-state index contributed by atoms with van der Waals surface area (Å²) in [5, 5.41) is 6.52. The van der Waals surface area contributed by atoms with Gasteiger partial charge in [-0.25, -0.2) is 9.67 Å². The Morgan fingerprint density at radius 2 is 2.00 bits per heavy atom. The summed E-state index contributed by atoms with van der Waals surface area (Å²) >= 11 is 17.0. The lowest BCUT2D eigenvalue weighted by molar-refractivity contribution is -0.117. The van der Waals surface area contributed by atoms with E-state index in [2.05, 4.69) is 15.4 Å². The van der Waals surface area contributed by atoms with Gasteiger partial charge in [-0.2, -0.15) is 5.10 Å². The Labute approximate surface area is 128 Å². The van der Waals surface area contributed by atoms with Crippen LogP contribution in [0.5, 0.6) is 0 Å². The van der Waals surface area contributed by atoms with Gasteiger partial charge in [-0.05, 0) is 12.1 Å². The molecule has 0 saturated carbocycles. The molecular weight excluding hydrogens is 327 g/mol. The molecule has 0 saturated heterocycles. The topological polar surface area (TPSA) is 76.9 Å². The molecule has 2 heterocycles. The first-order valence-electron chi connectivity index (χ1n) is 5.30. The summed E-state index contributed by atoms with van der Waals surface area (Å²) < 4.78 is 0.902. The molecule has 0 spiro atoms. The number of hydrogen-bond donors (Lipinski definition) is 1. The largest absolute Gasteiger partial charge is 0.309 e. The fourth-order valence-electron chi connectivity index (χ4n) is 1.33. The molecule has 6 nitrogen and oxygen atoms in total. The zero-order chi connectivity index (χ0) is 14.7. The summed E-state index contributed by atoms with van der Waals surface area (Å²) in [6, 6.07) is 3.11. The Kier molecular flexibility index (Phi) is 4.59. The number of amides is 1. The van der Waals surface area contributed by atoms with Crippen molar-refractivity contribution in [2.24, 2.45) is 0 Å². The van der Waals surface area contributed by atoms with E-state index in [4.69, 9.17) is 34.8 Å². The van der Waals surface area contributed by atoms with Gasteiger partial charge in [-0.3, -0.25) is 9.59 Å². The average molecular weight is 334 g/mol. The standard InChI is InChI=1S/C11H7Cl3N4O2/c12-6-1-2-8(15-3-6)17-9(19)5-18-11(20)10(14)7(13)4-16-18/h1-4H,5H2,(H,15,17,19). The highest BCUT2D eigenvalue weighted by Crippen LogP contribution is 2.14. The average Bonchev–Trinajstić information content (AvgIpc) is 2.42. The van der Waals surface area contributed by atoms with Crippen molar-refractivity contribution in [1.82, 2.24) is 14.8 Å². The number of halogens is 3. The minimum Gasteiger partial charge on any atom is -0.309 e. The summed E-state index contributed by atoms with van der Waals surface area (Å²) in [4.78, 5) is 27.3. The number of nitrogens with zero attached hydrogens (tertiary/aromatic N) is 3. The first kappa shape index (κ1) is 14.8. The minimum absolute atomic E-state index is 0.0349. The van der Waals surface area contributed by atoms with Crippen molar-refractivity contribution in [3.05, 3.63) is 49.9 Å². The Morgan fingerprint density at radius 1 is 1.25 bits per heavy atom. The number of carbonyl (C=O) groups excluding carboxylic acids is 1. The van der Waals surface area contributed by atoms with Crippen molar-refractivity contribution in [2.45, 2.75) is 6.54 Å². The van der Waals surface area contributed by atoms with Gasteiger partial charge in [-0.1, -0.05) is 34.8 Å². The lowest BCUT2D eigenvalue weighted by Crippen LogP contribution is -2.30. The smallest absolute Gasteiger partial charge is 0.287 e. The Hall–Kier alpha value is -1.63. The molecule has 0 aliphatic rings. The molecule has 0 atom stereocenters. The van der Waals surface area contributed by atoms with Crippen LogP contribution in [0.4, 0.5) is 5.82 Å². The van der Waals surface area contributed by atoms with Gasteiger partial charge < -0.3 is 5.32 Å². The fraction of sp³-hybridized carbons (Fsp3) is 0.0909. The molecule has 0 aromatic carbocycles. The first-order valence-corrected chi connectivity index (χ1v) is 6.43. The minimum atomic E-state index is -0.640. The van der Waals surface area contributed by atoms with E-state index >= 15 is 0 Å². The predicted molar refractivity (Wildman–Crippen MR) is 76.4 cm³/mol. The maximum atomic E-state index is 11.8.